The third-order valence-electron chi connectivity index (χ3n) is 4.20. The molecule has 0 aliphatic carbocycles. The van der Waals surface area contributed by atoms with Crippen molar-refractivity contribution in [2.24, 2.45) is 0 Å². The number of aromatic nitrogens is 4. The van der Waals surface area contributed by atoms with Crippen LogP contribution in [0.5, 0.6) is 0 Å². The number of aromatic amines is 1. The zero-order valence-electron chi connectivity index (χ0n) is 12.6. The Labute approximate surface area is 151 Å². The summed E-state index contributed by atoms with van der Waals surface area (Å²) >= 11 is 10.9. The maximum Gasteiger partial charge on any atom is 0.215 e. The van der Waals surface area contributed by atoms with Gasteiger partial charge in [-0.25, -0.2) is 18.7 Å². The molecule has 5 nitrogen and oxygen atoms in total. The van der Waals surface area contributed by atoms with Crippen LogP contribution in [0.15, 0.2) is 42.9 Å². The van der Waals surface area contributed by atoms with Gasteiger partial charge in [0.1, 0.15) is 23.8 Å². The predicted octanol–water partition coefficient (Wildman–Crippen LogP) is 3.93. The Morgan fingerprint density at radius 3 is 2.68 bits per heavy atom. The lowest BCUT2D eigenvalue weighted by Gasteiger charge is -2.14. The zero-order valence-corrected chi connectivity index (χ0v) is 14.2. The first-order chi connectivity index (χ1) is 12.0. The van der Waals surface area contributed by atoms with Gasteiger partial charge >= 0.3 is 0 Å². The lowest BCUT2D eigenvalue weighted by atomic mass is 9.91. The molecule has 2 unspecified atom stereocenters. The normalized spacial score (nSPS) is 22.1. The van der Waals surface area contributed by atoms with Gasteiger partial charge in [0, 0.05) is 11.8 Å². The van der Waals surface area contributed by atoms with Crippen molar-refractivity contribution < 1.29 is 13.5 Å². The van der Waals surface area contributed by atoms with Crippen molar-refractivity contribution in [3.63, 3.8) is 0 Å². The molecular weight excluding hydrogens is 370 g/mol. The number of rotatable bonds is 4. The molecule has 25 heavy (non-hydrogen) atoms. The molecule has 0 amide bonds. The Hall–Kier alpha value is -2.16. The van der Waals surface area contributed by atoms with E-state index in [0.717, 1.165) is 0 Å². The van der Waals surface area contributed by atoms with Gasteiger partial charge in [0.15, 0.2) is 11.0 Å². The van der Waals surface area contributed by atoms with Crippen molar-refractivity contribution in [1.82, 2.24) is 19.7 Å². The third-order valence-corrected chi connectivity index (χ3v) is 4.79. The van der Waals surface area contributed by atoms with Gasteiger partial charge in [-0.2, -0.15) is 0 Å². The van der Waals surface area contributed by atoms with E-state index >= 15 is 0 Å². The summed E-state index contributed by atoms with van der Waals surface area (Å²) in [5.74, 6) is -1.00. The molecule has 1 saturated heterocycles. The van der Waals surface area contributed by atoms with E-state index in [1.54, 1.807) is 16.8 Å². The Bertz CT molecular complexity index is 990. The molecule has 1 fully saturated rings. The van der Waals surface area contributed by atoms with Crippen molar-refractivity contribution in [3.8, 4) is 0 Å². The van der Waals surface area contributed by atoms with Gasteiger partial charge in [0.25, 0.3) is 0 Å². The van der Waals surface area contributed by atoms with Gasteiger partial charge in [0.2, 0.25) is 4.77 Å². The van der Waals surface area contributed by atoms with Crippen LogP contribution in [0.25, 0.3) is 0 Å². The Morgan fingerprint density at radius 1 is 1.24 bits per heavy atom. The molecule has 1 aromatic carbocycles. The highest BCUT2D eigenvalue weighted by Gasteiger charge is 2.60. The molecule has 2 aromatic heterocycles. The summed E-state index contributed by atoms with van der Waals surface area (Å²) in [6.07, 6.45) is 2.27. The molecule has 128 valence electrons. The minimum absolute atomic E-state index is 0.223. The molecule has 0 saturated carbocycles. The van der Waals surface area contributed by atoms with E-state index in [2.05, 4.69) is 15.1 Å². The van der Waals surface area contributed by atoms with Gasteiger partial charge in [-0.1, -0.05) is 23.7 Å². The number of benzene rings is 1. The lowest BCUT2D eigenvalue weighted by molar-refractivity contribution is 0.261. The molecular formula is C16H11ClF2N4OS. The first kappa shape index (κ1) is 16.3. The van der Waals surface area contributed by atoms with Crippen LogP contribution in [0.3, 0.4) is 0 Å². The molecule has 1 aliphatic rings. The minimum atomic E-state index is -0.913. The van der Waals surface area contributed by atoms with E-state index in [1.165, 1.54) is 30.7 Å². The molecule has 3 aromatic rings. The van der Waals surface area contributed by atoms with Crippen molar-refractivity contribution in [3.05, 3.63) is 75.5 Å². The molecule has 4 rings (SSSR count). The molecule has 3 heterocycles. The van der Waals surface area contributed by atoms with Gasteiger partial charge in [0.05, 0.1) is 6.54 Å². The number of ether oxygens (including phenoxy) is 1. The first-order valence-electron chi connectivity index (χ1n) is 7.35. The van der Waals surface area contributed by atoms with E-state index in [-0.39, 0.29) is 23.1 Å². The van der Waals surface area contributed by atoms with E-state index in [4.69, 9.17) is 28.6 Å². The fourth-order valence-electron chi connectivity index (χ4n) is 2.92. The van der Waals surface area contributed by atoms with Crippen LogP contribution >= 0.6 is 23.8 Å². The molecule has 0 bridgehead atoms. The van der Waals surface area contributed by atoms with Crippen LogP contribution in [0.4, 0.5) is 8.78 Å². The average molecular weight is 381 g/mol. The van der Waals surface area contributed by atoms with Gasteiger partial charge < -0.3 is 4.74 Å². The van der Waals surface area contributed by atoms with Gasteiger partial charge in [-0.3, -0.25) is 9.78 Å². The first-order valence-corrected chi connectivity index (χ1v) is 8.14. The Balaban J connectivity index is 1.79. The van der Waals surface area contributed by atoms with Crippen molar-refractivity contribution in [2.45, 2.75) is 18.2 Å². The van der Waals surface area contributed by atoms with Crippen molar-refractivity contribution in [2.75, 3.05) is 0 Å². The van der Waals surface area contributed by atoms with E-state index < -0.39 is 17.5 Å². The second-order valence-corrected chi connectivity index (χ2v) is 6.38. The van der Waals surface area contributed by atoms with E-state index in [1.807, 2.05) is 0 Å². The van der Waals surface area contributed by atoms with Crippen LogP contribution in [0.1, 0.15) is 17.2 Å². The molecule has 0 spiro atoms. The second kappa shape index (κ2) is 5.98. The maximum atomic E-state index is 14.4. The van der Waals surface area contributed by atoms with Crippen molar-refractivity contribution >= 4 is 23.8 Å². The highest BCUT2D eigenvalue weighted by Crippen LogP contribution is 2.58. The van der Waals surface area contributed by atoms with E-state index in [0.29, 0.717) is 10.3 Å². The smallest absolute Gasteiger partial charge is 0.215 e. The van der Waals surface area contributed by atoms with Gasteiger partial charge in [-0.05, 0) is 36.0 Å². The summed E-state index contributed by atoms with van der Waals surface area (Å²) in [4.78, 5) is 7.69. The van der Waals surface area contributed by atoms with Crippen LogP contribution < -0.4 is 0 Å². The Morgan fingerprint density at radius 2 is 2.00 bits per heavy atom. The van der Waals surface area contributed by atoms with Crippen LogP contribution in [0, 0.1) is 16.4 Å². The number of hydrogen-bond donors (Lipinski definition) is 1. The average Bonchev–Trinajstić information content (AvgIpc) is 3.18. The monoisotopic (exact) mass is 380 g/mol. The summed E-state index contributed by atoms with van der Waals surface area (Å²) in [6.45, 7) is 0.265. The van der Waals surface area contributed by atoms with Gasteiger partial charge in [-0.15, -0.1) is 0 Å². The summed E-state index contributed by atoms with van der Waals surface area (Å²) in [7, 11) is 0. The molecule has 9 heteroatoms. The second-order valence-electron chi connectivity index (χ2n) is 5.66. The third kappa shape index (κ3) is 2.76. The topological polar surface area (TPSA) is 59.0 Å². The number of nitrogens with zero attached hydrogens (tertiary/aromatic N) is 3. The summed E-state index contributed by atoms with van der Waals surface area (Å²) in [5.41, 5.74) is 0.0716. The number of epoxide rings is 1. The fourth-order valence-corrected chi connectivity index (χ4v) is 3.25. The summed E-state index contributed by atoms with van der Waals surface area (Å²) in [5, 5.41) is 2.67. The predicted molar refractivity (Wildman–Crippen MR) is 88.5 cm³/mol. The number of halogens is 3. The number of pyridine rings is 1. The fraction of sp³-hybridized carbons (Fsp3) is 0.188. The molecule has 0 radical (unpaired) electrons. The number of hydrogen-bond acceptors (Lipinski definition) is 4. The van der Waals surface area contributed by atoms with Crippen LogP contribution in [-0.2, 0) is 16.9 Å². The standard InChI is InChI=1S/C16H11ClF2N4OS/c17-14-12(19)11(5-6-20-14)13-16(24-13,7-23-15(25)21-8-22-23)9-1-3-10(18)4-2-9/h1-6,8,13H,7H2,(H,21,22,25). The lowest BCUT2D eigenvalue weighted by Crippen LogP contribution is -2.20. The summed E-state index contributed by atoms with van der Waals surface area (Å²) in [6, 6.07) is 7.39. The van der Waals surface area contributed by atoms with Crippen molar-refractivity contribution in [1.29, 1.82) is 0 Å². The van der Waals surface area contributed by atoms with Crippen LogP contribution in [-0.4, -0.2) is 19.7 Å². The molecule has 1 N–H and O–H groups in total. The quantitative estimate of drug-likeness (QED) is 0.423. The largest absolute Gasteiger partial charge is 0.354 e. The van der Waals surface area contributed by atoms with E-state index in [9.17, 15) is 8.78 Å². The SMILES string of the molecule is Fc1ccc(C2(Cn3[nH]cnc3=S)OC2c2ccnc(Cl)c2F)cc1. The van der Waals surface area contributed by atoms with Crippen LogP contribution in [0.2, 0.25) is 5.15 Å². The highest BCUT2D eigenvalue weighted by molar-refractivity contribution is 7.71. The number of H-pyrrole nitrogens is 1. The number of nitrogens with one attached hydrogen (secondary N) is 1. The Kier molecular flexibility index (Phi) is 3.90. The minimum Gasteiger partial charge on any atom is -0.354 e. The summed E-state index contributed by atoms with van der Waals surface area (Å²) < 4.78 is 35.6. The molecule has 1 aliphatic heterocycles. The highest BCUT2D eigenvalue weighted by atomic mass is 35.5. The maximum absolute atomic E-state index is 14.4. The zero-order chi connectivity index (χ0) is 17.6. The molecule has 2 atom stereocenters.